The van der Waals surface area contributed by atoms with Gasteiger partial charge in [-0.3, -0.25) is 0 Å². The summed E-state index contributed by atoms with van der Waals surface area (Å²) in [7, 11) is 3.94. The molecule has 29 heavy (non-hydrogen) atoms. The van der Waals surface area contributed by atoms with Crippen molar-refractivity contribution in [2.45, 2.75) is 25.4 Å². The average molecular weight is 395 g/mol. The first kappa shape index (κ1) is 18.5. The number of benzene rings is 1. The molecular formula is C23H30N4O2. The number of pyridine rings is 1. The van der Waals surface area contributed by atoms with Crippen LogP contribution >= 0.6 is 0 Å². The van der Waals surface area contributed by atoms with Crippen molar-refractivity contribution < 1.29 is 10.9 Å². The molecule has 1 saturated heterocycles. The van der Waals surface area contributed by atoms with E-state index >= 15 is 0 Å². The second-order valence-electron chi connectivity index (χ2n) is 7.92. The van der Waals surface area contributed by atoms with E-state index in [-0.39, 0.29) is 1.43 Å². The van der Waals surface area contributed by atoms with Crippen molar-refractivity contribution in [1.82, 2.24) is 9.55 Å². The first-order chi connectivity index (χ1) is 14.2. The van der Waals surface area contributed by atoms with E-state index in [1.807, 2.05) is 7.11 Å². The minimum atomic E-state index is 0. The van der Waals surface area contributed by atoms with Crippen LogP contribution in [0.15, 0.2) is 36.4 Å². The lowest BCUT2D eigenvalue weighted by Gasteiger charge is -2.28. The lowest BCUT2D eigenvalue weighted by Crippen LogP contribution is -2.36. The number of aromatic nitrogens is 2. The van der Waals surface area contributed by atoms with E-state index in [0.29, 0.717) is 6.10 Å². The molecule has 0 bridgehead atoms. The number of ether oxygens (including phenoxy) is 2. The van der Waals surface area contributed by atoms with Gasteiger partial charge < -0.3 is 24.3 Å². The highest BCUT2D eigenvalue weighted by Gasteiger charge is 2.25. The molecule has 2 aliphatic rings. The van der Waals surface area contributed by atoms with Crippen LogP contribution in [0.1, 0.15) is 19.1 Å². The SMILES string of the molecule is COC1CCc2c(c3ccc(Nc4ccc(N5CCOCC5)cc4)nc3n2C)C1.[HH]. The number of hydrogen-bond acceptors (Lipinski definition) is 5. The highest BCUT2D eigenvalue weighted by Crippen LogP contribution is 2.32. The number of hydrogen-bond donors (Lipinski definition) is 1. The third-order valence-corrected chi connectivity index (χ3v) is 6.26. The molecule has 0 saturated carbocycles. The van der Waals surface area contributed by atoms with Crippen molar-refractivity contribution in [3.05, 3.63) is 47.7 Å². The molecule has 0 radical (unpaired) electrons. The molecule has 5 rings (SSSR count). The molecule has 0 amide bonds. The van der Waals surface area contributed by atoms with Gasteiger partial charge in [0.2, 0.25) is 0 Å². The Morgan fingerprint density at radius 1 is 1.14 bits per heavy atom. The highest BCUT2D eigenvalue weighted by atomic mass is 16.5. The van der Waals surface area contributed by atoms with Crippen LogP contribution in [0, 0.1) is 0 Å². The van der Waals surface area contributed by atoms with E-state index in [1.165, 1.54) is 22.3 Å². The second-order valence-corrected chi connectivity index (χ2v) is 7.92. The van der Waals surface area contributed by atoms with Crippen LogP contribution in [0.4, 0.5) is 17.2 Å². The Morgan fingerprint density at radius 2 is 1.93 bits per heavy atom. The lowest BCUT2D eigenvalue weighted by atomic mass is 9.93. The van der Waals surface area contributed by atoms with Gasteiger partial charge in [-0.15, -0.1) is 0 Å². The van der Waals surface area contributed by atoms with Gasteiger partial charge in [-0.1, -0.05) is 0 Å². The fourth-order valence-electron chi connectivity index (χ4n) is 4.59. The summed E-state index contributed by atoms with van der Waals surface area (Å²) in [5.41, 5.74) is 6.13. The van der Waals surface area contributed by atoms with E-state index in [2.05, 4.69) is 58.2 Å². The molecule has 6 heteroatoms. The van der Waals surface area contributed by atoms with Gasteiger partial charge in [0.05, 0.1) is 19.3 Å². The highest BCUT2D eigenvalue weighted by molar-refractivity contribution is 5.84. The molecule has 3 heterocycles. The molecule has 1 aliphatic carbocycles. The van der Waals surface area contributed by atoms with Crippen molar-refractivity contribution in [1.29, 1.82) is 0 Å². The van der Waals surface area contributed by atoms with Gasteiger partial charge in [0, 0.05) is 57.5 Å². The van der Waals surface area contributed by atoms with Crippen LogP contribution < -0.4 is 10.2 Å². The molecule has 154 valence electrons. The van der Waals surface area contributed by atoms with E-state index in [0.717, 1.165) is 62.7 Å². The summed E-state index contributed by atoms with van der Waals surface area (Å²) in [5.74, 6) is 0.873. The molecule has 1 atom stereocenters. The third-order valence-electron chi connectivity index (χ3n) is 6.26. The maximum atomic E-state index is 5.61. The van der Waals surface area contributed by atoms with Gasteiger partial charge in [0.1, 0.15) is 11.5 Å². The van der Waals surface area contributed by atoms with Crippen LogP contribution in [0.3, 0.4) is 0 Å². The topological polar surface area (TPSA) is 51.6 Å². The van der Waals surface area contributed by atoms with Crippen LogP contribution in [0.2, 0.25) is 0 Å². The van der Waals surface area contributed by atoms with Crippen molar-refractivity contribution in [2.75, 3.05) is 43.6 Å². The van der Waals surface area contributed by atoms with E-state index in [4.69, 9.17) is 14.5 Å². The predicted molar refractivity (Wildman–Crippen MR) is 118 cm³/mol. The number of fused-ring (bicyclic) bond motifs is 3. The zero-order chi connectivity index (χ0) is 19.8. The fourth-order valence-corrected chi connectivity index (χ4v) is 4.59. The second kappa shape index (κ2) is 7.69. The molecule has 1 N–H and O–H groups in total. The molecule has 6 nitrogen and oxygen atoms in total. The number of nitrogens with one attached hydrogen (secondary N) is 1. The van der Waals surface area contributed by atoms with Crippen molar-refractivity contribution in [2.24, 2.45) is 7.05 Å². The number of rotatable bonds is 4. The van der Waals surface area contributed by atoms with Crippen molar-refractivity contribution >= 4 is 28.2 Å². The van der Waals surface area contributed by atoms with E-state index in [1.54, 1.807) is 0 Å². The average Bonchev–Trinajstić information content (AvgIpc) is 3.06. The van der Waals surface area contributed by atoms with Gasteiger partial charge in [0.15, 0.2) is 0 Å². The van der Waals surface area contributed by atoms with Gasteiger partial charge >= 0.3 is 0 Å². The number of morpholine rings is 1. The minimum absolute atomic E-state index is 0. The monoisotopic (exact) mass is 394 g/mol. The molecule has 1 unspecified atom stereocenters. The first-order valence-electron chi connectivity index (χ1n) is 10.4. The van der Waals surface area contributed by atoms with Crippen LogP contribution in [-0.4, -0.2) is 49.1 Å². The summed E-state index contributed by atoms with van der Waals surface area (Å²) in [4.78, 5) is 7.28. The maximum Gasteiger partial charge on any atom is 0.142 e. The quantitative estimate of drug-likeness (QED) is 0.727. The Hall–Kier alpha value is -2.57. The van der Waals surface area contributed by atoms with E-state index in [9.17, 15) is 0 Å². The zero-order valence-electron chi connectivity index (χ0n) is 17.1. The molecule has 1 aliphatic heterocycles. The van der Waals surface area contributed by atoms with Gasteiger partial charge in [0.25, 0.3) is 0 Å². The number of anilines is 3. The Kier molecular flexibility index (Phi) is 4.89. The molecule has 1 fully saturated rings. The lowest BCUT2D eigenvalue weighted by molar-refractivity contribution is 0.0908. The Balaban J connectivity index is 0.00000218. The molecule has 2 aromatic heterocycles. The number of methoxy groups -OCH3 is 1. The summed E-state index contributed by atoms with van der Waals surface area (Å²) >= 11 is 0. The molecular weight excluding hydrogens is 364 g/mol. The Morgan fingerprint density at radius 3 is 2.69 bits per heavy atom. The van der Waals surface area contributed by atoms with Crippen LogP contribution in [-0.2, 0) is 29.4 Å². The summed E-state index contributed by atoms with van der Waals surface area (Å²) in [5, 5.41) is 4.71. The number of aryl methyl sites for hydroxylation is 1. The van der Waals surface area contributed by atoms with Crippen LogP contribution in [0.25, 0.3) is 11.0 Å². The summed E-state index contributed by atoms with van der Waals surface area (Å²) < 4.78 is 13.3. The number of nitrogens with zero attached hydrogens (tertiary/aromatic N) is 3. The molecule has 1 aromatic carbocycles. The van der Waals surface area contributed by atoms with Gasteiger partial charge in [-0.2, -0.15) is 0 Å². The van der Waals surface area contributed by atoms with Gasteiger partial charge in [-0.05, 0) is 54.8 Å². The fraction of sp³-hybridized carbons (Fsp3) is 0.435. The standard InChI is InChI=1S/C23H28N4O2.H2/c1-26-21-9-7-18(28-2)15-20(21)19-8-10-22(25-23(19)26)24-16-3-5-17(6-4-16)27-11-13-29-14-12-27;/h3-6,8,10,18H,7,9,11-15H2,1-2H3,(H,24,25);1H. The summed E-state index contributed by atoms with van der Waals surface area (Å²) in [6.45, 7) is 3.51. The zero-order valence-corrected chi connectivity index (χ0v) is 17.1. The smallest absolute Gasteiger partial charge is 0.142 e. The van der Waals surface area contributed by atoms with Crippen LogP contribution in [0.5, 0.6) is 0 Å². The van der Waals surface area contributed by atoms with Gasteiger partial charge in [-0.25, -0.2) is 4.98 Å². The Labute approximate surface area is 172 Å². The van der Waals surface area contributed by atoms with E-state index < -0.39 is 0 Å². The predicted octanol–water partition coefficient (Wildman–Crippen LogP) is 3.90. The third kappa shape index (κ3) is 3.47. The summed E-state index contributed by atoms with van der Waals surface area (Å²) in [6, 6.07) is 12.8. The molecule has 3 aromatic rings. The normalized spacial score (nSPS) is 19.4. The minimum Gasteiger partial charge on any atom is -0.381 e. The van der Waals surface area contributed by atoms with Crippen molar-refractivity contribution in [3.8, 4) is 0 Å². The van der Waals surface area contributed by atoms with Crippen molar-refractivity contribution in [3.63, 3.8) is 0 Å². The Bertz CT molecular complexity index is 1010. The maximum absolute atomic E-state index is 5.61. The molecule has 0 spiro atoms. The summed E-state index contributed by atoms with van der Waals surface area (Å²) in [6.07, 6.45) is 3.41. The first-order valence-corrected chi connectivity index (χ1v) is 10.4. The largest absolute Gasteiger partial charge is 0.381 e.